The minimum Gasteiger partial charge on any atom is -0.506 e. The largest absolute Gasteiger partial charge is 0.506 e. The van der Waals surface area contributed by atoms with E-state index in [1.165, 1.54) is 6.07 Å². The number of pyridine rings is 1. The second-order valence-electron chi connectivity index (χ2n) is 3.49. The Morgan fingerprint density at radius 1 is 1.33 bits per heavy atom. The molecule has 0 amide bonds. The van der Waals surface area contributed by atoms with E-state index < -0.39 is 28.2 Å². The average Bonchev–Trinajstić information content (AvgIpc) is 2.27. The fourth-order valence-corrected chi connectivity index (χ4v) is 1.72. The Balaban J connectivity index is 2.83. The number of carbonyl (C=O) groups excluding carboxylic acids is 1. The molecule has 3 nitrogen and oxygen atoms in total. The van der Waals surface area contributed by atoms with E-state index in [0.29, 0.717) is 0 Å². The molecule has 2 rings (SSSR count). The van der Waals surface area contributed by atoms with E-state index in [2.05, 4.69) is 4.98 Å². The number of fused-ring (bicyclic) bond motifs is 1. The first-order valence-electron chi connectivity index (χ1n) is 4.70. The minimum atomic E-state index is -4.59. The van der Waals surface area contributed by atoms with Gasteiger partial charge in [0.15, 0.2) is 0 Å². The lowest BCUT2D eigenvalue weighted by atomic mass is 10.1. The van der Waals surface area contributed by atoms with Gasteiger partial charge in [-0.25, -0.2) is 0 Å². The van der Waals surface area contributed by atoms with Gasteiger partial charge in [0.1, 0.15) is 5.75 Å². The molecule has 1 aromatic carbocycles. The summed E-state index contributed by atoms with van der Waals surface area (Å²) in [6, 6.07) is 3.20. The normalized spacial score (nSPS) is 11.8. The number of rotatable bonds is 1. The van der Waals surface area contributed by atoms with Crippen molar-refractivity contribution in [1.82, 2.24) is 4.98 Å². The fourth-order valence-electron chi connectivity index (χ4n) is 1.58. The number of para-hydroxylation sites is 1. The second kappa shape index (κ2) is 4.13. The molecule has 0 atom stereocenters. The third-order valence-electron chi connectivity index (χ3n) is 2.39. The second-order valence-corrected chi connectivity index (χ2v) is 3.84. The molecule has 1 aromatic heterocycles. The highest BCUT2D eigenvalue weighted by molar-refractivity contribution is 6.68. The first-order chi connectivity index (χ1) is 8.32. The molecule has 18 heavy (non-hydrogen) atoms. The van der Waals surface area contributed by atoms with E-state index in [-0.39, 0.29) is 10.9 Å². The van der Waals surface area contributed by atoms with Gasteiger partial charge in [0, 0.05) is 11.6 Å². The van der Waals surface area contributed by atoms with Crippen molar-refractivity contribution in [2.75, 3.05) is 0 Å². The van der Waals surface area contributed by atoms with Gasteiger partial charge in [-0.3, -0.25) is 9.78 Å². The lowest BCUT2D eigenvalue weighted by Gasteiger charge is -2.11. The maximum Gasteiger partial charge on any atom is 0.418 e. The minimum absolute atomic E-state index is 0.170. The molecule has 1 heterocycles. The third-order valence-corrected chi connectivity index (χ3v) is 2.59. The number of hydrogen-bond acceptors (Lipinski definition) is 3. The maximum absolute atomic E-state index is 12.7. The number of benzene rings is 1. The van der Waals surface area contributed by atoms with Crippen LogP contribution >= 0.6 is 11.6 Å². The first-order valence-corrected chi connectivity index (χ1v) is 5.08. The molecule has 2 aromatic rings. The van der Waals surface area contributed by atoms with Crippen molar-refractivity contribution < 1.29 is 23.1 Å². The maximum atomic E-state index is 12.7. The summed E-state index contributed by atoms with van der Waals surface area (Å²) in [5.74, 6) is -0.605. The molecular weight excluding hydrogens is 271 g/mol. The lowest BCUT2D eigenvalue weighted by Crippen LogP contribution is -2.07. The summed E-state index contributed by atoms with van der Waals surface area (Å²) in [6.45, 7) is 0. The van der Waals surface area contributed by atoms with Gasteiger partial charge >= 0.3 is 6.18 Å². The van der Waals surface area contributed by atoms with Crippen molar-refractivity contribution in [3.8, 4) is 5.75 Å². The van der Waals surface area contributed by atoms with Crippen LogP contribution in [0.2, 0.25) is 0 Å². The van der Waals surface area contributed by atoms with Gasteiger partial charge in [0.25, 0.3) is 5.24 Å². The highest BCUT2D eigenvalue weighted by Crippen LogP contribution is 2.37. The van der Waals surface area contributed by atoms with E-state index in [4.69, 9.17) is 11.6 Å². The standard InChI is InChI=1S/C11H5ClF3NO2/c12-10(18)6-4-16-8-5(9(6)17)2-1-3-7(8)11(13,14)15/h1-4H,(H,16,17). The molecule has 0 saturated heterocycles. The van der Waals surface area contributed by atoms with Crippen LogP contribution in [-0.2, 0) is 6.18 Å². The molecule has 0 aliphatic heterocycles. The van der Waals surface area contributed by atoms with Gasteiger partial charge in [0.05, 0.1) is 16.6 Å². The zero-order valence-corrected chi connectivity index (χ0v) is 9.38. The molecule has 94 valence electrons. The van der Waals surface area contributed by atoms with E-state index in [1.54, 1.807) is 0 Å². The van der Waals surface area contributed by atoms with Crippen LogP contribution in [-0.4, -0.2) is 15.3 Å². The van der Waals surface area contributed by atoms with Crippen LogP contribution < -0.4 is 0 Å². The highest BCUT2D eigenvalue weighted by Gasteiger charge is 2.33. The predicted octanol–water partition coefficient (Wildman–Crippen LogP) is 3.34. The van der Waals surface area contributed by atoms with Crippen molar-refractivity contribution in [2.45, 2.75) is 6.18 Å². The zero-order chi connectivity index (χ0) is 13.5. The molecule has 0 saturated carbocycles. The summed E-state index contributed by atoms with van der Waals surface area (Å²) >= 11 is 5.18. The first kappa shape index (κ1) is 12.6. The van der Waals surface area contributed by atoms with Crippen molar-refractivity contribution in [1.29, 1.82) is 0 Å². The van der Waals surface area contributed by atoms with Gasteiger partial charge in [-0.2, -0.15) is 13.2 Å². The fraction of sp³-hybridized carbons (Fsp3) is 0.0909. The molecule has 7 heteroatoms. The topological polar surface area (TPSA) is 50.2 Å². The SMILES string of the molecule is O=C(Cl)c1cnc2c(C(F)(F)F)cccc2c1O. The third kappa shape index (κ3) is 1.99. The van der Waals surface area contributed by atoms with E-state index >= 15 is 0 Å². The summed E-state index contributed by atoms with van der Waals surface area (Å²) in [5, 5.41) is 8.54. The number of aromatic nitrogens is 1. The van der Waals surface area contributed by atoms with Gasteiger partial charge in [0.2, 0.25) is 0 Å². The molecule has 0 fully saturated rings. The Hall–Kier alpha value is -1.82. The molecular formula is C11H5ClF3NO2. The van der Waals surface area contributed by atoms with Crippen LogP contribution in [0, 0.1) is 0 Å². The van der Waals surface area contributed by atoms with E-state index in [9.17, 15) is 23.1 Å². The Labute approximate surface area is 104 Å². The number of halogens is 4. The van der Waals surface area contributed by atoms with Crippen LogP contribution in [0.1, 0.15) is 15.9 Å². The highest BCUT2D eigenvalue weighted by atomic mass is 35.5. The van der Waals surface area contributed by atoms with Crippen LogP contribution in [0.15, 0.2) is 24.4 Å². The van der Waals surface area contributed by atoms with Gasteiger partial charge < -0.3 is 5.11 Å². The molecule has 0 aliphatic carbocycles. The van der Waals surface area contributed by atoms with Crippen LogP contribution in [0.4, 0.5) is 13.2 Å². The molecule has 0 radical (unpaired) electrons. The Bertz CT molecular complexity index is 640. The van der Waals surface area contributed by atoms with Crippen LogP contribution in [0.3, 0.4) is 0 Å². The van der Waals surface area contributed by atoms with E-state index in [0.717, 1.165) is 18.3 Å². The van der Waals surface area contributed by atoms with Crippen LogP contribution in [0.5, 0.6) is 5.75 Å². The predicted molar refractivity (Wildman–Crippen MR) is 58.6 cm³/mol. The number of nitrogens with zero attached hydrogens (tertiary/aromatic N) is 1. The number of carbonyl (C=O) groups is 1. The Morgan fingerprint density at radius 2 is 2.00 bits per heavy atom. The monoisotopic (exact) mass is 275 g/mol. The Morgan fingerprint density at radius 3 is 2.56 bits per heavy atom. The van der Waals surface area contributed by atoms with Crippen molar-refractivity contribution >= 4 is 27.7 Å². The van der Waals surface area contributed by atoms with Gasteiger partial charge in [-0.15, -0.1) is 0 Å². The quantitative estimate of drug-likeness (QED) is 0.812. The van der Waals surface area contributed by atoms with Crippen molar-refractivity contribution in [3.63, 3.8) is 0 Å². The van der Waals surface area contributed by atoms with Crippen molar-refractivity contribution in [2.24, 2.45) is 0 Å². The number of hydrogen-bond donors (Lipinski definition) is 1. The summed E-state index contributed by atoms with van der Waals surface area (Å²) in [5.41, 5.74) is -1.74. The van der Waals surface area contributed by atoms with Gasteiger partial charge in [-0.1, -0.05) is 6.07 Å². The molecule has 0 unspecified atom stereocenters. The molecule has 0 spiro atoms. The van der Waals surface area contributed by atoms with Crippen molar-refractivity contribution in [3.05, 3.63) is 35.5 Å². The van der Waals surface area contributed by atoms with Gasteiger partial charge in [-0.05, 0) is 23.7 Å². The summed E-state index contributed by atoms with van der Waals surface area (Å²) in [7, 11) is 0. The lowest BCUT2D eigenvalue weighted by molar-refractivity contribution is -0.136. The number of alkyl halides is 3. The summed E-state index contributed by atoms with van der Waals surface area (Å²) < 4.78 is 38.1. The average molecular weight is 276 g/mol. The van der Waals surface area contributed by atoms with Crippen LogP contribution in [0.25, 0.3) is 10.9 Å². The molecule has 0 aliphatic rings. The smallest absolute Gasteiger partial charge is 0.418 e. The van der Waals surface area contributed by atoms with E-state index in [1.807, 2.05) is 0 Å². The summed E-state index contributed by atoms with van der Waals surface area (Å²) in [4.78, 5) is 14.5. The number of aromatic hydroxyl groups is 1. The molecule has 1 N–H and O–H groups in total. The molecule has 0 bridgehead atoms. The zero-order valence-electron chi connectivity index (χ0n) is 8.62. The summed E-state index contributed by atoms with van der Waals surface area (Å²) in [6.07, 6.45) is -3.77. The Kier molecular flexibility index (Phi) is 2.90.